The van der Waals surface area contributed by atoms with Crippen LogP contribution in [-0.4, -0.2) is 0 Å². The van der Waals surface area contributed by atoms with Crippen LogP contribution in [0.3, 0.4) is 0 Å². The van der Waals surface area contributed by atoms with Crippen molar-refractivity contribution in [3.8, 4) is 0 Å². The standard InChI is InChI=1S/C13H20/c1-5-6-11(3)13-8-7-10(2)12(4)9-13/h7-9,11H,5-6H2,1-4H3/t11-/m0/s1. The minimum atomic E-state index is 0.712. The van der Waals surface area contributed by atoms with Gasteiger partial charge in [-0.25, -0.2) is 0 Å². The Labute approximate surface area is 82.0 Å². The van der Waals surface area contributed by atoms with Gasteiger partial charge in [-0.1, -0.05) is 38.5 Å². The summed E-state index contributed by atoms with van der Waals surface area (Å²) in [6.45, 7) is 8.92. The summed E-state index contributed by atoms with van der Waals surface area (Å²) in [5.74, 6) is 0.712. The van der Waals surface area contributed by atoms with Crippen LogP contribution in [0.4, 0.5) is 0 Å². The van der Waals surface area contributed by atoms with Crippen LogP contribution in [0.2, 0.25) is 0 Å². The summed E-state index contributed by atoms with van der Waals surface area (Å²) >= 11 is 0. The Balaban J connectivity index is 2.84. The molecule has 1 aromatic carbocycles. The zero-order valence-electron chi connectivity index (χ0n) is 9.22. The maximum absolute atomic E-state index is 2.33. The molecule has 0 saturated carbocycles. The molecule has 1 atom stereocenters. The topological polar surface area (TPSA) is 0 Å². The van der Waals surface area contributed by atoms with Gasteiger partial charge in [0.25, 0.3) is 0 Å². The Kier molecular flexibility index (Phi) is 3.53. The van der Waals surface area contributed by atoms with E-state index in [1.807, 2.05) is 0 Å². The molecule has 0 fully saturated rings. The lowest BCUT2D eigenvalue weighted by molar-refractivity contribution is 0.664. The smallest absolute Gasteiger partial charge is 0.0190 e. The van der Waals surface area contributed by atoms with Crippen molar-refractivity contribution in [1.82, 2.24) is 0 Å². The fourth-order valence-corrected chi connectivity index (χ4v) is 1.67. The molecule has 1 rings (SSSR count). The Morgan fingerprint density at radius 3 is 2.38 bits per heavy atom. The predicted octanol–water partition coefficient (Wildman–Crippen LogP) is 4.21. The zero-order valence-corrected chi connectivity index (χ0v) is 9.22. The van der Waals surface area contributed by atoms with Crippen LogP contribution in [0.25, 0.3) is 0 Å². The second kappa shape index (κ2) is 4.45. The van der Waals surface area contributed by atoms with Gasteiger partial charge in [0.05, 0.1) is 0 Å². The maximum atomic E-state index is 2.33. The van der Waals surface area contributed by atoms with E-state index in [1.165, 1.54) is 29.5 Å². The van der Waals surface area contributed by atoms with Crippen molar-refractivity contribution in [3.05, 3.63) is 34.9 Å². The normalized spacial score (nSPS) is 12.9. The van der Waals surface area contributed by atoms with E-state index in [4.69, 9.17) is 0 Å². The SMILES string of the molecule is CCC[C@H](C)c1ccc(C)c(C)c1. The van der Waals surface area contributed by atoms with Gasteiger partial charge in [-0.3, -0.25) is 0 Å². The van der Waals surface area contributed by atoms with Crippen LogP contribution in [0.5, 0.6) is 0 Å². The molecular weight excluding hydrogens is 156 g/mol. The minimum Gasteiger partial charge on any atom is -0.0654 e. The summed E-state index contributed by atoms with van der Waals surface area (Å²) < 4.78 is 0. The zero-order chi connectivity index (χ0) is 9.84. The van der Waals surface area contributed by atoms with E-state index in [1.54, 1.807) is 0 Å². The summed E-state index contributed by atoms with van der Waals surface area (Å²) in [5, 5.41) is 0. The van der Waals surface area contributed by atoms with Crippen LogP contribution in [0.1, 0.15) is 49.3 Å². The molecular formula is C13H20. The Morgan fingerprint density at radius 2 is 1.85 bits per heavy atom. The van der Waals surface area contributed by atoms with E-state index in [9.17, 15) is 0 Å². The van der Waals surface area contributed by atoms with Gasteiger partial charge in [-0.15, -0.1) is 0 Å². The maximum Gasteiger partial charge on any atom is -0.0190 e. The molecule has 0 N–H and O–H groups in total. The third-order valence-corrected chi connectivity index (χ3v) is 2.82. The van der Waals surface area contributed by atoms with Crippen LogP contribution in [0, 0.1) is 13.8 Å². The summed E-state index contributed by atoms with van der Waals surface area (Å²) in [6.07, 6.45) is 2.57. The molecule has 0 unspecified atom stereocenters. The van der Waals surface area contributed by atoms with Gasteiger partial charge in [0, 0.05) is 0 Å². The molecule has 0 radical (unpaired) electrons. The number of aryl methyl sites for hydroxylation is 2. The summed E-state index contributed by atoms with van der Waals surface area (Å²) in [5.41, 5.74) is 4.30. The fourth-order valence-electron chi connectivity index (χ4n) is 1.67. The van der Waals surface area contributed by atoms with Gasteiger partial charge in [0.1, 0.15) is 0 Å². The van der Waals surface area contributed by atoms with Crippen molar-refractivity contribution in [2.45, 2.75) is 46.5 Å². The summed E-state index contributed by atoms with van der Waals surface area (Å²) in [4.78, 5) is 0. The highest BCUT2D eigenvalue weighted by atomic mass is 14.1. The Hall–Kier alpha value is -0.780. The molecule has 0 aliphatic rings. The summed E-state index contributed by atoms with van der Waals surface area (Å²) in [6, 6.07) is 6.83. The molecule has 1 aromatic rings. The lowest BCUT2D eigenvalue weighted by Gasteiger charge is -2.12. The lowest BCUT2D eigenvalue weighted by atomic mass is 9.94. The molecule has 0 aliphatic carbocycles. The van der Waals surface area contributed by atoms with Crippen molar-refractivity contribution >= 4 is 0 Å². The number of hydrogen-bond acceptors (Lipinski definition) is 0. The average Bonchev–Trinajstić information content (AvgIpc) is 2.10. The van der Waals surface area contributed by atoms with Gasteiger partial charge in [-0.05, 0) is 42.9 Å². The number of hydrogen-bond donors (Lipinski definition) is 0. The average molecular weight is 176 g/mol. The van der Waals surface area contributed by atoms with Crippen LogP contribution in [0.15, 0.2) is 18.2 Å². The second-order valence-corrected chi connectivity index (χ2v) is 4.03. The predicted molar refractivity (Wildman–Crippen MR) is 59.2 cm³/mol. The number of benzene rings is 1. The quantitative estimate of drug-likeness (QED) is 0.647. The van der Waals surface area contributed by atoms with Crippen LogP contribution >= 0.6 is 0 Å². The van der Waals surface area contributed by atoms with E-state index < -0.39 is 0 Å². The van der Waals surface area contributed by atoms with Crippen molar-refractivity contribution in [2.24, 2.45) is 0 Å². The highest BCUT2D eigenvalue weighted by Crippen LogP contribution is 2.22. The minimum absolute atomic E-state index is 0.712. The van der Waals surface area contributed by atoms with Gasteiger partial charge < -0.3 is 0 Å². The first kappa shape index (κ1) is 10.3. The molecule has 0 saturated heterocycles. The Bertz CT molecular complexity index is 273. The first-order valence-corrected chi connectivity index (χ1v) is 5.22. The first-order chi connectivity index (χ1) is 6.15. The molecule has 13 heavy (non-hydrogen) atoms. The molecule has 0 aromatic heterocycles. The number of rotatable bonds is 3. The molecule has 0 heterocycles. The van der Waals surface area contributed by atoms with Gasteiger partial charge >= 0.3 is 0 Å². The lowest BCUT2D eigenvalue weighted by Crippen LogP contribution is -1.94. The van der Waals surface area contributed by atoms with E-state index >= 15 is 0 Å². The molecule has 0 aliphatic heterocycles. The fraction of sp³-hybridized carbons (Fsp3) is 0.538. The highest BCUT2D eigenvalue weighted by molar-refractivity contribution is 5.31. The molecule has 0 bridgehead atoms. The van der Waals surface area contributed by atoms with Gasteiger partial charge in [-0.2, -0.15) is 0 Å². The monoisotopic (exact) mass is 176 g/mol. The largest absolute Gasteiger partial charge is 0.0654 e. The summed E-state index contributed by atoms with van der Waals surface area (Å²) in [7, 11) is 0. The van der Waals surface area contributed by atoms with Gasteiger partial charge in [0.15, 0.2) is 0 Å². The highest BCUT2D eigenvalue weighted by Gasteiger charge is 2.04. The van der Waals surface area contributed by atoms with E-state index in [0.717, 1.165) is 0 Å². The van der Waals surface area contributed by atoms with E-state index in [-0.39, 0.29) is 0 Å². The van der Waals surface area contributed by atoms with Crippen molar-refractivity contribution in [2.75, 3.05) is 0 Å². The van der Waals surface area contributed by atoms with E-state index in [2.05, 4.69) is 45.9 Å². The molecule has 0 heteroatoms. The van der Waals surface area contributed by atoms with Crippen molar-refractivity contribution in [1.29, 1.82) is 0 Å². The van der Waals surface area contributed by atoms with Crippen LogP contribution < -0.4 is 0 Å². The first-order valence-electron chi connectivity index (χ1n) is 5.22. The third kappa shape index (κ3) is 2.58. The Morgan fingerprint density at radius 1 is 1.15 bits per heavy atom. The second-order valence-electron chi connectivity index (χ2n) is 4.03. The molecule has 0 amide bonds. The van der Waals surface area contributed by atoms with Crippen molar-refractivity contribution < 1.29 is 0 Å². The van der Waals surface area contributed by atoms with Crippen molar-refractivity contribution in [3.63, 3.8) is 0 Å². The van der Waals surface area contributed by atoms with Gasteiger partial charge in [0.2, 0.25) is 0 Å². The van der Waals surface area contributed by atoms with E-state index in [0.29, 0.717) is 5.92 Å². The van der Waals surface area contributed by atoms with Crippen LogP contribution in [-0.2, 0) is 0 Å². The molecule has 0 spiro atoms. The molecule has 72 valence electrons. The molecule has 0 nitrogen and oxygen atoms in total. The third-order valence-electron chi connectivity index (χ3n) is 2.82.